The number of rotatable bonds is 9. The third-order valence-corrected chi connectivity index (χ3v) is 6.31. The number of carbonyl (C=O) groups is 2. The van der Waals surface area contributed by atoms with Crippen LogP contribution in [0.15, 0.2) is 78.4 Å². The Morgan fingerprint density at radius 1 is 1.00 bits per heavy atom. The molecule has 1 heterocycles. The number of ether oxygens (including phenoxy) is 1. The fraction of sp³-hybridized carbons (Fsp3) is 0.267. The number of aryl methyl sites for hydroxylation is 1. The third kappa shape index (κ3) is 5.48. The van der Waals surface area contributed by atoms with Gasteiger partial charge < -0.3 is 14.7 Å². The van der Waals surface area contributed by atoms with E-state index in [0.29, 0.717) is 29.0 Å². The second-order valence-electron chi connectivity index (χ2n) is 9.05. The van der Waals surface area contributed by atoms with Gasteiger partial charge in [-0.3, -0.25) is 9.59 Å². The predicted octanol–water partition coefficient (Wildman–Crippen LogP) is 6.33. The summed E-state index contributed by atoms with van der Waals surface area (Å²) in [5.41, 5.74) is 2.82. The molecule has 5 nitrogen and oxygen atoms in total. The van der Waals surface area contributed by atoms with Gasteiger partial charge >= 0.3 is 0 Å². The molecule has 1 unspecified atom stereocenters. The zero-order valence-corrected chi connectivity index (χ0v) is 20.5. The van der Waals surface area contributed by atoms with Crippen LogP contribution in [0.25, 0.3) is 5.76 Å². The summed E-state index contributed by atoms with van der Waals surface area (Å²) in [7, 11) is 0. The molecule has 4 rings (SSSR count). The molecular weight excluding hydrogens is 457 g/mol. The number of aliphatic hydroxyl groups excluding tert-OH is 1. The summed E-state index contributed by atoms with van der Waals surface area (Å²) < 4.78 is 19.2. The second-order valence-corrected chi connectivity index (χ2v) is 9.05. The van der Waals surface area contributed by atoms with Crippen LogP contribution in [-0.2, 0) is 16.1 Å². The largest absolute Gasteiger partial charge is 0.507 e. The number of benzene rings is 3. The molecule has 3 aromatic carbocycles. The molecule has 186 valence electrons. The maximum absolute atomic E-state index is 13.4. The maximum Gasteiger partial charge on any atom is 0.295 e. The Labute approximate surface area is 210 Å². The van der Waals surface area contributed by atoms with Crippen molar-refractivity contribution >= 4 is 17.4 Å². The number of ketones is 1. The van der Waals surface area contributed by atoms with Crippen LogP contribution in [0.4, 0.5) is 4.39 Å². The van der Waals surface area contributed by atoms with Crippen molar-refractivity contribution in [1.29, 1.82) is 0 Å². The van der Waals surface area contributed by atoms with Gasteiger partial charge in [0.25, 0.3) is 11.7 Å². The van der Waals surface area contributed by atoms with Crippen molar-refractivity contribution in [3.8, 4) is 5.75 Å². The summed E-state index contributed by atoms with van der Waals surface area (Å²) in [5.74, 6) is -1.40. The number of unbranched alkanes of at least 4 members (excludes halogenated alkanes) is 2. The number of aliphatic hydroxyl groups is 1. The van der Waals surface area contributed by atoms with E-state index in [1.165, 1.54) is 17.0 Å². The maximum atomic E-state index is 13.4. The van der Waals surface area contributed by atoms with E-state index in [2.05, 4.69) is 6.92 Å². The van der Waals surface area contributed by atoms with Gasteiger partial charge in [-0.05, 0) is 60.9 Å². The average molecular weight is 488 g/mol. The molecule has 1 N–H and O–H groups in total. The molecule has 3 aromatic rings. The highest BCUT2D eigenvalue weighted by Crippen LogP contribution is 2.40. The van der Waals surface area contributed by atoms with E-state index in [9.17, 15) is 19.1 Å². The van der Waals surface area contributed by atoms with Crippen LogP contribution >= 0.6 is 0 Å². The van der Waals surface area contributed by atoms with Crippen molar-refractivity contribution in [2.45, 2.75) is 45.7 Å². The van der Waals surface area contributed by atoms with Crippen LogP contribution in [0.3, 0.4) is 0 Å². The van der Waals surface area contributed by atoms with E-state index in [4.69, 9.17) is 4.74 Å². The Morgan fingerprint density at radius 3 is 2.39 bits per heavy atom. The molecule has 1 aliphatic rings. The lowest BCUT2D eigenvalue weighted by Crippen LogP contribution is -2.29. The zero-order valence-electron chi connectivity index (χ0n) is 20.5. The first-order valence-electron chi connectivity index (χ1n) is 12.2. The van der Waals surface area contributed by atoms with Gasteiger partial charge in [0.1, 0.15) is 17.3 Å². The molecule has 6 heteroatoms. The molecule has 0 bridgehead atoms. The Morgan fingerprint density at radius 2 is 1.72 bits per heavy atom. The molecule has 0 aromatic heterocycles. The van der Waals surface area contributed by atoms with Gasteiger partial charge in [0.15, 0.2) is 0 Å². The van der Waals surface area contributed by atoms with Crippen molar-refractivity contribution in [3.63, 3.8) is 0 Å². The summed E-state index contributed by atoms with van der Waals surface area (Å²) in [6, 6.07) is 19.4. The molecule has 0 aliphatic carbocycles. The van der Waals surface area contributed by atoms with Crippen LogP contribution in [0.1, 0.15) is 54.5 Å². The number of hydrogen-bond acceptors (Lipinski definition) is 4. The van der Waals surface area contributed by atoms with Crippen molar-refractivity contribution in [2.24, 2.45) is 0 Å². The molecule has 1 amide bonds. The minimum atomic E-state index is -0.778. The first kappa shape index (κ1) is 25.2. The van der Waals surface area contributed by atoms with Gasteiger partial charge in [0.05, 0.1) is 18.2 Å². The van der Waals surface area contributed by atoms with Gasteiger partial charge in [-0.25, -0.2) is 4.39 Å². The monoisotopic (exact) mass is 487 g/mol. The third-order valence-electron chi connectivity index (χ3n) is 6.31. The lowest BCUT2D eigenvalue weighted by molar-refractivity contribution is -0.140. The Hall–Kier alpha value is -3.93. The quantitative estimate of drug-likeness (QED) is 0.166. The number of likely N-dealkylation sites (tertiary alicyclic amines) is 1. The van der Waals surface area contributed by atoms with Gasteiger partial charge in [-0.2, -0.15) is 0 Å². The Balaban J connectivity index is 1.70. The fourth-order valence-electron chi connectivity index (χ4n) is 4.42. The van der Waals surface area contributed by atoms with Gasteiger partial charge in [0.2, 0.25) is 0 Å². The van der Waals surface area contributed by atoms with Gasteiger partial charge in [-0.15, -0.1) is 0 Å². The number of halogens is 1. The summed E-state index contributed by atoms with van der Waals surface area (Å²) in [4.78, 5) is 27.8. The number of hydrogen-bond donors (Lipinski definition) is 1. The fourth-order valence-corrected chi connectivity index (χ4v) is 4.42. The highest BCUT2D eigenvalue weighted by atomic mass is 19.1. The number of amides is 1. The summed E-state index contributed by atoms with van der Waals surface area (Å²) in [6.45, 7) is 4.77. The second kappa shape index (κ2) is 11.2. The van der Waals surface area contributed by atoms with Crippen molar-refractivity contribution in [1.82, 2.24) is 4.90 Å². The first-order valence-corrected chi connectivity index (χ1v) is 12.2. The lowest BCUT2D eigenvalue weighted by atomic mass is 9.94. The molecule has 1 fully saturated rings. The zero-order chi connectivity index (χ0) is 25.7. The summed E-state index contributed by atoms with van der Waals surface area (Å²) in [5, 5.41) is 11.3. The minimum Gasteiger partial charge on any atom is -0.507 e. The van der Waals surface area contributed by atoms with Crippen LogP contribution in [0.2, 0.25) is 0 Å². The van der Waals surface area contributed by atoms with Crippen LogP contribution < -0.4 is 4.74 Å². The number of Topliss-reactive ketones (excluding diaryl/α,β-unsaturated/α-hetero) is 1. The van der Waals surface area contributed by atoms with Gasteiger partial charge in [-0.1, -0.05) is 61.7 Å². The smallest absolute Gasteiger partial charge is 0.295 e. The summed E-state index contributed by atoms with van der Waals surface area (Å²) >= 11 is 0. The van der Waals surface area contributed by atoms with Crippen LogP contribution in [0, 0.1) is 12.7 Å². The SMILES string of the molecule is CCCCCOc1ccc(/C(O)=C2/C(=O)C(=O)N(Cc3ccc(F)cc3)C2c2cccc(C)c2)cc1. The highest BCUT2D eigenvalue weighted by Gasteiger charge is 2.46. The molecule has 1 atom stereocenters. The Bertz CT molecular complexity index is 1260. The van der Waals surface area contributed by atoms with Crippen LogP contribution in [-0.4, -0.2) is 28.3 Å². The number of carbonyl (C=O) groups excluding carboxylic acids is 2. The molecular formula is C30H30FNO4. The normalized spacial score (nSPS) is 17.0. The van der Waals surface area contributed by atoms with Crippen molar-refractivity contribution < 1.29 is 23.8 Å². The molecule has 0 radical (unpaired) electrons. The van der Waals surface area contributed by atoms with Crippen molar-refractivity contribution in [3.05, 3.63) is 106 Å². The van der Waals surface area contributed by atoms with Crippen molar-refractivity contribution in [2.75, 3.05) is 6.61 Å². The molecule has 1 saturated heterocycles. The van der Waals surface area contributed by atoms with E-state index in [0.717, 1.165) is 24.8 Å². The van der Waals surface area contributed by atoms with E-state index in [-0.39, 0.29) is 23.7 Å². The minimum absolute atomic E-state index is 0.0318. The van der Waals surface area contributed by atoms with E-state index in [1.807, 2.05) is 31.2 Å². The standard InChI is InChI=1S/C30H30FNO4/c1-3-4-5-17-36-25-15-11-22(12-16-25)28(33)26-27(23-8-6-7-20(2)18-23)32(30(35)29(26)34)19-21-9-13-24(31)14-10-21/h6-16,18,27,33H,3-5,17,19H2,1-2H3/b28-26-. The predicted molar refractivity (Wildman–Crippen MR) is 137 cm³/mol. The van der Waals surface area contributed by atoms with Crippen LogP contribution in [0.5, 0.6) is 5.75 Å². The number of nitrogens with zero attached hydrogens (tertiary/aromatic N) is 1. The molecule has 0 spiro atoms. The molecule has 1 aliphatic heterocycles. The summed E-state index contributed by atoms with van der Waals surface area (Å²) in [6.07, 6.45) is 3.17. The first-order chi connectivity index (χ1) is 17.4. The molecule has 0 saturated carbocycles. The molecule has 36 heavy (non-hydrogen) atoms. The highest BCUT2D eigenvalue weighted by molar-refractivity contribution is 6.46. The average Bonchev–Trinajstić information content (AvgIpc) is 3.13. The Kier molecular flexibility index (Phi) is 7.84. The van der Waals surface area contributed by atoms with E-state index < -0.39 is 17.7 Å². The lowest BCUT2D eigenvalue weighted by Gasteiger charge is -2.25. The van der Waals surface area contributed by atoms with E-state index >= 15 is 0 Å². The topological polar surface area (TPSA) is 66.8 Å². The van der Waals surface area contributed by atoms with E-state index in [1.54, 1.807) is 36.4 Å². The van der Waals surface area contributed by atoms with Gasteiger partial charge in [0, 0.05) is 12.1 Å².